The Morgan fingerprint density at radius 1 is 1.85 bits per heavy atom. The maximum Gasteiger partial charge on any atom is 0.249 e. The first-order chi connectivity index (χ1) is 6.02. The maximum atomic E-state index is 11.3. The zero-order chi connectivity index (χ0) is 10.0. The largest absolute Gasteiger partial charge is 0.383 e. The highest BCUT2D eigenvalue weighted by atomic mass is 16.3. The Kier molecular flexibility index (Phi) is 2.67. The first kappa shape index (κ1) is 9.73. The van der Waals surface area contributed by atoms with Crippen molar-refractivity contribution < 1.29 is 14.7 Å². The lowest BCUT2D eigenvalue weighted by atomic mass is 10.1. The summed E-state index contributed by atoms with van der Waals surface area (Å²) >= 11 is 0. The van der Waals surface area contributed by atoms with Crippen molar-refractivity contribution >= 4 is 11.8 Å². The molecular weight excluding hydrogens is 172 g/mol. The molecular formula is C8H12N2O3. The molecule has 1 atom stereocenters. The Balaban J connectivity index is 2.56. The van der Waals surface area contributed by atoms with Crippen LogP contribution in [0.1, 0.15) is 6.42 Å². The van der Waals surface area contributed by atoms with E-state index in [1.165, 1.54) is 4.90 Å². The molecule has 1 rings (SSSR count). The van der Waals surface area contributed by atoms with Crippen LogP contribution < -0.4 is 5.73 Å². The number of rotatable bonds is 3. The molecule has 13 heavy (non-hydrogen) atoms. The summed E-state index contributed by atoms with van der Waals surface area (Å²) in [5, 5.41) is 9.10. The van der Waals surface area contributed by atoms with Gasteiger partial charge in [0.05, 0.1) is 0 Å². The molecule has 2 amide bonds. The minimum atomic E-state index is -1.26. The average Bonchev–Trinajstić information content (AvgIpc) is 2.36. The molecule has 0 aromatic rings. The number of nitrogens with zero attached hydrogens (tertiary/aromatic N) is 1. The van der Waals surface area contributed by atoms with Gasteiger partial charge in [-0.25, -0.2) is 0 Å². The molecule has 3 N–H and O–H groups in total. The van der Waals surface area contributed by atoms with Crippen LogP contribution in [0.4, 0.5) is 0 Å². The van der Waals surface area contributed by atoms with Gasteiger partial charge in [0.15, 0.2) is 0 Å². The second-order valence-corrected chi connectivity index (χ2v) is 3.04. The first-order valence-electron chi connectivity index (χ1n) is 3.94. The van der Waals surface area contributed by atoms with E-state index in [1.54, 1.807) is 13.1 Å². The molecule has 0 aromatic carbocycles. The van der Waals surface area contributed by atoms with Gasteiger partial charge >= 0.3 is 0 Å². The lowest BCUT2D eigenvalue weighted by Crippen LogP contribution is -2.30. The van der Waals surface area contributed by atoms with Gasteiger partial charge in [-0.15, -0.1) is 0 Å². The van der Waals surface area contributed by atoms with Crippen molar-refractivity contribution in [2.75, 3.05) is 13.6 Å². The van der Waals surface area contributed by atoms with Gasteiger partial charge in [-0.3, -0.25) is 9.59 Å². The third-order valence-electron chi connectivity index (χ3n) is 1.97. The second-order valence-electron chi connectivity index (χ2n) is 3.04. The summed E-state index contributed by atoms with van der Waals surface area (Å²) in [5.74, 6) is -0.955. The van der Waals surface area contributed by atoms with Crippen molar-refractivity contribution in [2.24, 2.45) is 5.73 Å². The topological polar surface area (TPSA) is 83.6 Å². The zero-order valence-corrected chi connectivity index (χ0v) is 7.36. The average molecular weight is 184 g/mol. The smallest absolute Gasteiger partial charge is 0.249 e. The van der Waals surface area contributed by atoms with Crippen LogP contribution in [-0.4, -0.2) is 41.5 Å². The fourth-order valence-corrected chi connectivity index (χ4v) is 1.14. The predicted molar refractivity (Wildman–Crippen MR) is 45.5 cm³/mol. The third kappa shape index (κ3) is 2.06. The number of hydrogen-bond acceptors (Lipinski definition) is 3. The van der Waals surface area contributed by atoms with Gasteiger partial charge < -0.3 is 15.7 Å². The monoisotopic (exact) mass is 184 g/mol. The van der Waals surface area contributed by atoms with E-state index in [9.17, 15) is 9.59 Å². The molecule has 0 aromatic heterocycles. The molecule has 0 fully saturated rings. The number of hydrogen-bond donors (Lipinski definition) is 2. The van der Waals surface area contributed by atoms with Crippen LogP contribution in [0.25, 0.3) is 0 Å². The van der Waals surface area contributed by atoms with E-state index in [4.69, 9.17) is 10.8 Å². The number of aliphatic hydroxyl groups is 1. The molecule has 5 nitrogen and oxygen atoms in total. The van der Waals surface area contributed by atoms with Gasteiger partial charge in [0, 0.05) is 25.6 Å². The molecule has 1 unspecified atom stereocenters. The number of likely N-dealkylation sites (N-methyl/N-ethyl adjacent to an activating group) is 1. The van der Waals surface area contributed by atoms with Crippen molar-refractivity contribution in [1.29, 1.82) is 0 Å². The number of carbonyl (C=O) groups excluding carboxylic acids is 2. The van der Waals surface area contributed by atoms with Crippen molar-refractivity contribution in [3.63, 3.8) is 0 Å². The van der Waals surface area contributed by atoms with Crippen LogP contribution in [0, 0.1) is 0 Å². The quantitative estimate of drug-likeness (QED) is 0.567. The minimum Gasteiger partial charge on any atom is -0.383 e. The van der Waals surface area contributed by atoms with Gasteiger partial charge in [0.1, 0.15) is 6.10 Å². The van der Waals surface area contributed by atoms with Crippen molar-refractivity contribution in [3.8, 4) is 0 Å². The van der Waals surface area contributed by atoms with Crippen molar-refractivity contribution in [1.82, 2.24) is 4.90 Å². The number of carbonyl (C=O) groups is 2. The second kappa shape index (κ2) is 3.57. The lowest BCUT2D eigenvalue weighted by Gasteiger charge is -2.09. The van der Waals surface area contributed by atoms with E-state index >= 15 is 0 Å². The van der Waals surface area contributed by atoms with Gasteiger partial charge in [0.2, 0.25) is 11.8 Å². The Hall–Kier alpha value is -1.36. The standard InChI is InChI=1S/C8H12N2O3/c1-10-3-2-5(8(10)13)4-6(11)7(9)12/h2,6,11H,3-4H2,1H3,(H2,9,12). The summed E-state index contributed by atoms with van der Waals surface area (Å²) in [6, 6.07) is 0. The van der Waals surface area contributed by atoms with E-state index < -0.39 is 12.0 Å². The molecule has 0 bridgehead atoms. The SMILES string of the molecule is CN1CC=C(CC(O)C(N)=O)C1=O. The summed E-state index contributed by atoms with van der Waals surface area (Å²) in [6.45, 7) is 0.527. The van der Waals surface area contributed by atoms with Crippen molar-refractivity contribution in [3.05, 3.63) is 11.6 Å². The van der Waals surface area contributed by atoms with E-state index in [1.807, 2.05) is 0 Å². The van der Waals surface area contributed by atoms with Crippen LogP contribution in [0.3, 0.4) is 0 Å². The fourth-order valence-electron chi connectivity index (χ4n) is 1.14. The lowest BCUT2D eigenvalue weighted by molar-refractivity contribution is -0.127. The molecule has 5 heteroatoms. The first-order valence-corrected chi connectivity index (χ1v) is 3.94. The molecule has 1 heterocycles. The summed E-state index contributed by atoms with van der Waals surface area (Å²) in [4.78, 5) is 23.3. The van der Waals surface area contributed by atoms with E-state index in [0.29, 0.717) is 12.1 Å². The van der Waals surface area contributed by atoms with Gasteiger partial charge in [-0.05, 0) is 0 Å². The molecule has 0 radical (unpaired) electrons. The minimum absolute atomic E-state index is 0.0124. The van der Waals surface area contributed by atoms with Crippen LogP contribution in [-0.2, 0) is 9.59 Å². The maximum absolute atomic E-state index is 11.3. The molecule has 72 valence electrons. The van der Waals surface area contributed by atoms with Crippen LogP contribution >= 0.6 is 0 Å². The van der Waals surface area contributed by atoms with E-state index in [0.717, 1.165) is 0 Å². The molecule has 1 aliphatic heterocycles. The zero-order valence-electron chi connectivity index (χ0n) is 7.36. The number of amides is 2. The Morgan fingerprint density at radius 3 is 2.85 bits per heavy atom. The molecule has 0 aliphatic carbocycles. The van der Waals surface area contributed by atoms with Gasteiger partial charge in [-0.2, -0.15) is 0 Å². The highest BCUT2D eigenvalue weighted by Gasteiger charge is 2.24. The third-order valence-corrected chi connectivity index (χ3v) is 1.97. The summed E-state index contributed by atoms with van der Waals surface area (Å²) in [6.07, 6.45) is 0.439. The van der Waals surface area contributed by atoms with Crippen molar-refractivity contribution in [2.45, 2.75) is 12.5 Å². The summed E-state index contributed by atoms with van der Waals surface area (Å²) in [7, 11) is 1.66. The molecule has 0 spiro atoms. The van der Waals surface area contributed by atoms with Crippen LogP contribution in [0.2, 0.25) is 0 Å². The van der Waals surface area contributed by atoms with E-state index in [2.05, 4.69) is 0 Å². The number of primary amides is 1. The molecule has 1 aliphatic rings. The van der Waals surface area contributed by atoms with Crippen LogP contribution in [0.5, 0.6) is 0 Å². The molecule has 0 saturated carbocycles. The fraction of sp³-hybridized carbons (Fsp3) is 0.500. The van der Waals surface area contributed by atoms with Gasteiger partial charge in [-0.1, -0.05) is 6.08 Å². The normalized spacial score (nSPS) is 18.8. The van der Waals surface area contributed by atoms with Gasteiger partial charge in [0.25, 0.3) is 0 Å². The Morgan fingerprint density at radius 2 is 2.46 bits per heavy atom. The Bertz CT molecular complexity index is 273. The van der Waals surface area contributed by atoms with Crippen LogP contribution in [0.15, 0.2) is 11.6 Å². The van der Waals surface area contributed by atoms with E-state index in [-0.39, 0.29) is 12.3 Å². The number of nitrogens with two attached hydrogens (primary N) is 1. The predicted octanol–water partition coefficient (Wildman–Crippen LogP) is -1.38. The highest BCUT2D eigenvalue weighted by Crippen LogP contribution is 2.14. The molecule has 0 saturated heterocycles. The number of aliphatic hydroxyl groups excluding tert-OH is 1. The summed E-state index contributed by atoms with van der Waals surface area (Å²) < 4.78 is 0. The highest BCUT2D eigenvalue weighted by molar-refractivity contribution is 5.96. The summed E-state index contributed by atoms with van der Waals surface area (Å²) in [5.41, 5.74) is 5.31. The Labute approximate surface area is 75.8 Å².